The highest BCUT2D eigenvalue weighted by Gasteiger charge is 2.22. The minimum absolute atomic E-state index is 0.00833. The predicted molar refractivity (Wildman–Crippen MR) is 90.1 cm³/mol. The fourth-order valence-electron chi connectivity index (χ4n) is 2.51. The van der Waals surface area contributed by atoms with E-state index >= 15 is 0 Å². The molecule has 0 saturated heterocycles. The van der Waals surface area contributed by atoms with Crippen LogP contribution in [0.1, 0.15) is 24.7 Å². The Balaban J connectivity index is 2.00. The van der Waals surface area contributed by atoms with Crippen LogP contribution in [0.3, 0.4) is 0 Å². The van der Waals surface area contributed by atoms with Gasteiger partial charge in [0.25, 0.3) is 0 Å². The first kappa shape index (κ1) is 17.8. The molecule has 5 nitrogen and oxygen atoms in total. The number of hydrogen-bond acceptors (Lipinski definition) is 4. The molecule has 2 aromatic rings. The normalized spacial score (nSPS) is 11.8. The molecule has 24 heavy (non-hydrogen) atoms. The minimum Gasteiger partial charge on any atom is -0.469 e. The number of aryl methyl sites for hydroxylation is 1. The van der Waals surface area contributed by atoms with E-state index in [1.165, 1.54) is 7.11 Å². The largest absolute Gasteiger partial charge is 0.469 e. The molecule has 0 spiro atoms. The highest BCUT2D eigenvalue weighted by molar-refractivity contribution is 5.78. The molecule has 0 N–H and O–H groups in total. The van der Waals surface area contributed by atoms with Crippen molar-refractivity contribution in [3.63, 3.8) is 0 Å². The van der Waals surface area contributed by atoms with Crippen molar-refractivity contribution in [1.29, 1.82) is 0 Å². The molecular weight excluding hydrogens is 306 g/mol. The minimum atomic E-state index is -0.384. The topological polar surface area (TPSA) is 59.8 Å². The molecule has 2 rings (SSSR count). The molecule has 0 aliphatic rings. The zero-order valence-corrected chi connectivity index (χ0v) is 14.1. The van der Waals surface area contributed by atoms with Crippen molar-refractivity contribution < 1.29 is 18.7 Å². The molecule has 1 aromatic carbocycles. The van der Waals surface area contributed by atoms with E-state index in [1.54, 1.807) is 24.2 Å². The number of furan rings is 1. The zero-order valence-electron chi connectivity index (χ0n) is 14.1. The van der Waals surface area contributed by atoms with Crippen LogP contribution in [0, 0.1) is 5.92 Å². The molecule has 1 amide bonds. The van der Waals surface area contributed by atoms with Gasteiger partial charge in [0.15, 0.2) is 0 Å². The first-order valence-electron chi connectivity index (χ1n) is 8.02. The van der Waals surface area contributed by atoms with E-state index < -0.39 is 0 Å². The third-order valence-electron chi connectivity index (χ3n) is 3.85. The van der Waals surface area contributed by atoms with Crippen molar-refractivity contribution in [2.45, 2.75) is 26.3 Å². The Bertz CT molecular complexity index is 637. The molecule has 0 aliphatic heterocycles. The van der Waals surface area contributed by atoms with Crippen LogP contribution in [0.25, 0.3) is 0 Å². The van der Waals surface area contributed by atoms with E-state index in [0.717, 1.165) is 5.56 Å². The zero-order chi connectivity index (χ0) is 17.4. The lowest BCUT2D eigenvalue weighted by atomic mass is 10.1. The van der Waals surface area contributed by atoms with Crippen LogP contribution < -0.4 is 0 Å². The highest BCUT2D eigenvalue weighted by atomic mass is 16.5. The molecule has 0 bridgehead atoms. The molecule has 0 saturated carbocycles. The van der Waals surface area contributed by atoms with Gasteiger partial charge in [-0.25, -0.2) is 0 Å². The van der Waals surface area contributed by atoms with Crippen LogP contribution in [0.5, 0.6) is 0 Å². The van der Waals surface area contributed by atoms with Crippen LogP contribution >= 0.6 is 0 Å². The lowest BCUT2D eigenvalue weighted by Gasteiger charge is -2.24. The fourth-order valence-corrected chi connectivity index (χ4v) is 2.51. The molecule has 0 fully saturated rings. The summed E-state index contributed by atoms with van der Waals surface area (Å²) >= 11 is 0. The van der Waals surface area contributed by atoms with Gasteiger partial charge in [-0.1, -0.05) is 37.3 Å². The number of esters is 1. The maximum atomic E-state index is 12.6. The Kier molecular flexibility index (Phi) is 6.61. The standard InChI is InChI=1S/C19H23NO4/c1-15(19(22)23-2)13-20(14-17-9-6-12-24-17)18(21)11-10-16-7-4-3-5-8-16/h3-9,12,15H,10-11,13-14H2,1-2H3. The summed E-state index contributed by atoms with van der Waals surface area (Å²) in [5, 5.41) is 0. The third kappa shape index (κ3) is 5.26. The van der Waals surface area contributed by atoms with Gasteiger partial charge >= 0.3 is 5.97 Å². The average Bonchev–Trinajstić information content (AvgIpc) is 3.12. The average molecular weight is 329 g/mol. The second-order valence-corrected chi connectivity index (χ2v) is 5.76. The molecule has 1 heterocycles. The van der Waals surface area contributed by atoms with E-state index in [9.17, 15) is 9.59 Å². The summed E-state index contributed by atoms with van der Waals surface area (Å²) in [5.74, 6) is -0.0212. The number of benzene rings is 1. The van der Waals surface area contributed by atoms with Crippen molar-refractivity contribution in [3.8, 4) is 0 Å². The van der Waals surface area contributed by atoms with E-state index in [1.807, 2.05) is 36.4 Å². The molecule has 5 heteroatoms. The van der Waals surface area contributed by atoms with Crippen molar-refractivity contribution in [2.24, 2.45) is 5.92 Å². The maximum absolute atomic E-state index is 12.6. The summed E-state index contributed by atoms with van der Waals surface area (Å²) in [5.41, 5.74) is 1.12. The fraction of sp³-hybridized carbons (Fsp3) is 0.368. The van der Waals surface area contributed by atoms with E-state index in [-0.39, 0.29) is 17.8 Å². The van der Waals surface area contributed by atoms with E-state index in [0.29, 0.717) is 31.7 Å². The summed E-state index contributed by atoms with van der Waals surface area (Å²) in [6.07, 6.45) is 2.63. The highest BCUT2D eigenvalue weighted by Crippen LogP contribution is 2.12. The summed E-state index contributed by atoms with van der Waals surface area (Å²) in [7, 11) is 1.35. The van der Waals surface area contributed by atoms with Crippen molar-refractivity contribution in [3.05, 3.63) is 60.1 Å². The summed E-state index contributed by atoms with van der Waals surface area (Å²) in [6.45, 7) is 2.41. The quantitative estimate of drug-likeness (QED) is 0.699. The van der Waals surface area contributed by atoms with Gasteiger partial charge in [0, 0.05) is 13.0 Å². The monoisotopic (exact) mass is 329 g/mol. The number of carbonyl (C=O) groups excluding carboxylic acids is 2. The molecule has 1 unspecified atom stereocenters. The van der Waals surface area contributed by atoms with Gasteiger partial charge in [-0.05, 0) is 24.1 Å². The van der Waals surface area contributed by atoms with Crippen molar-refractivity contribution in [2.75, 3.05) is 13.7 Å². The Hall–Kier alpha value is -2.56. The smallest absolute Gasteiger partial charge is 0.310 e. The molecule has 128 valence electrons. The van der Waals surface area contributed by atoms with Gasteiger partial charge in [0.05, 0.1) is 25.8 Å². The number of methoxy groups -OCH3 is 1. The first-order chi connectivity index (χ1) is 11.6. The van der Waals surface area contributed by atoms with Gasteiger partial charge in [-0.3, -0.25) is 9.59 Å². The number of carbonyl (C=O) groups is 2. The van der Waals surface area contributed by atoms with Gasteiger partial charge < -0.3 is 14.1 Å². The molecule has 1 atom stereocenters. The lowest BCUT2D eigenvalue weighted by Crippen LogP contribution is -2.36. The summed E-state index contributed by atoms with van der Waals surface area (Å²) in [6, 6.07) is 13.5. The summed E-state index contributed by atoms with van der Waals surface area (Å²) in [4.78, 5) is 25.9. The van der Waals surface area contributed by atoms with Crippen LogP contribution in [0.4, 0.5) is 0 Å². The predicted octanol–water partition coefficient (Wildman–Crippen LogP) is 3.05. The number of ether oxygens (including phenoxy) is 1. The third-order valence-corrected chi connectivity index (χ3v) is 3.85. The Morgan fingerprint density at radius 1 is 1.17 bits per heavy atom. The van der Waals surface area contributed by atoms with Crippen LogP contribution in [0.15, 0.2) is 53.1 Å². The number of rotatable bonds is 8. The number of amides is 1. The van der Waals surface area contributed by atoms with Crippen LogP contribution in [0.2, 0.25) is 0 Å². The van der Waals surface area contributed by atoms with Gasteiger partial charge in [-0.2, -0.15) is 0 Å². The molecule has 0 radical (unpaired) electrons. The van der Waals surface area contributed by atoms with Crippen molar-refractivity contribution in [1.82, 2.24) is 4.90 Å². The Morgan fingerprint density at radius 2 is 1.92 bits per heavy atom. The van der Waals surface area contributed by atoms with E-state index in [2.05, 4.69) is 0 Å². The maximum Gasteiger partial charge on any atom is 0.310 e. The van der Waals surface area contributed by atoms with Crippen molar-refractivity contribution >= 4 is 11.9 Å². The van der Waals surface area contributed by atoms with E-state index in [4.69, 9.17) is 9.15 Å². The SMILES string of the molecule is COC(=O)C(C)CN(Cc1ccco1)C(=O)CCc1ccccc1. The number of hydrogen-bond donors (Lipinski definition) is 0. The van der Waals surface area contributed by atoms with Crippen LogP contribution in [-0.2, 0) is 27.3 Å². The van der Waals surface area contributed by atoms with Gasteiger partial charge in [0.1, 0.15) is 5.76 Å². The Labute approximate surface area is 142 Å². The molecule has 0 aliphatic carbocycles. The van der Waals surface area contributed by atoms with Gasteiger partial charge in [0.2, 0.25) is 5.91 Å². The molecular formula is C19H23NO4. The number of nitrogens with zero attached hydrogens (tertiary/aromatic N) is 1. The van der Waals surface area contributed by atoms with Gasteiger partial charge in [-0.15, -0.1) is 0 Å². The Morgan fingerprint density at radius 3 is 2.54 bits per heavy atom. The second kappa shape index (κ2) is 8.91. The molecule has 1 aromatic heterocycles. The summed E-state index contributed by atoms with van der Waals surface area (Å²) < 4.78 is 10.1. The second-order valence-electron chi connectivity index (χ2n) is 5.76. The lowest BCUT2D eigenvalue weighted by molar-refractivity contribution is -0.146. The first-order valence-corrected chi connectivity index (χ1v) is 8.02. The van der Waals surface area contributed by atoms with Crippen LogP contribution in [-0.4, -0.2) is 30.4 Å².